The van der Waals surface area contributed by atoms with Crippen molar-refractivity contribution in [1.29, 1.82) is 0 Å². The lowest BCUT2D eigenvalue weighted by Gasteiger charge is -2.02. The average molecular weight is 417 g/mol. The number of halogens is 1. The van der Waals surface area contributed by atoms with Crippen LogP contribution in [0.15, 0.2) is 48.7 Å². The number of hydrogen-bond donors (Lipinski definition) is 1. The lowest BCUT2D eigenvalue weighted by atomic mass is 10.1. The summed E-state index contributed by atoms with van der Waals surface area (Å²) in [6.45, 7) is 1.07. The molecule has 2 nitrogen and oxygen atoms in total. The molecule has 1 heterocycles. The first-order valence-corrected chi connectivity index (χ1v) is 10.9. The van der Waals surface area contributed by atoms with E-state index >= 15 is 0 Å². The first-order valence-electron chi connectivity index (χ1n) is 9.81. The summed E-state index contributed by atoms with van der Waals surface area (Å²) in [5, 5.41) is 10.5. The number of alkyl halides is 1. The molecular formula is C23H31BrNO+. The van der Waals surface area contributed by atoms with Gasteiger partial charge in [0.25, 0.3) is 0 Å². The standard InChI is InChI=1S/C23H30BrNO/c24-18-8-5-3-1-2-4-6-9-19-25-20-10-7-11-22(25)15-12-21-13-16-23(26)17-14-21/h7,10-17,20H,1-6,8-9,18-19H2/p+1. The molecule has 0 aliphatic carbocycles. The lowest BCUT2D eigenvalue weighted by molar-refractivity contribution is -0.699. The minimum atomic E-state index is 0.306. The van der Waals surface area contributed by atoms with E-state index in [1.54, 1.807) is 12.1 Å². The second kappa shape index (κ2) is 12.7. The van der Waals surface area contributed by atoms with Crippen molar-refractivity contribution in [1.82, 2.24) is 0 Å². The van der Waals surface area contributed by atoms with Crippen LogP contribution in [-0.2, 0) is 6.54 Å². The molecule has 0 saturated heterocycles. The SMILES string of the molecule is Oc1ccc(/C=C/c2cccc[n+]2CCCCCCCCCCBr)cc1. The van der Waals surface area contributed by atoms with Gasteiger partial charge in [0, 0.05) is 30.0 Å². The Kier molecular flexibility index (Phi) is 10.1. The molecule has 3 heteroatoms. The molecule has 0 saturated carbocycles. The Bertz CT molecular complexity index is 652. The van der Waals surface area contributed by atoms with Crippen LogP contribution < -0.4 is 4.57 Å². The van der Waals surface area contributed by atoms with Gasteiger partial charge in [0.05, 0.1) is 0 Å². The van der Waals surface area contributed by atoms with Gasteiger partial charge in [-0.3, -0.25) is 0 Å². The number of pyridine rings is 1. The summed E-state index contributed by atoms with van der Waals surface area (Å²) in [5.41, 5.74) is 2.31. The van der Waals surface area contributed by atoms with Crippen LogP contribution in [0.1, 0.15) is 62.6 Å². The van der Waals surface area contributed by atoms with Crippen LogP contribution in [-0.4, -0.2) is 10.4 Å². The van der Waals surface area contributed by atoms with Gasteiger partial charge in [-0.15, -0.1) is 0 Å². The van der Waals surface area contributed by atoms with E-state index in [4.69, 9.17) is 0 Å². The van der Waals surface area contributed by atoms with Crippen LogP contribution in [0, 0.1) is 0 Å². The first kappa shape index (κ1) is 20.7. The Morgan fingerprint density at radius 2 is 1.42 bits per heavy atom. The molecule has 0 fully saturated rings. The molecule has 0 atom stereocenters. The van der Waals surface area contributed by atoms with Crippen LogP contribution in [0.3, 0.4) is 0 Å². The first-order chi connectivity index (χ1) is 12.8. The Morgan fingerprint density at radius 1 is 0.769 bits per heavy atom. The molecule has 2 aromatic rings. The summed E-state index contributed by atoms with van der Waals surface area (Å²) < 4.78 is 2.33. The van der Waals surface area contributed by atoms with Gasteiger partial charge in [0.1, 0.15) is 12.3 Å². The maximum atomic E-state index is 9.37. The minimum absolute atomic E-state index is 0.306. The molecule has 1 N–H and O–H groups in total. The highest BCUT2D eigenvalue weighted by molar-refractivity contribution is 9.09. The third-order valence-corrected chi connectivity index (χ3v) is 5.16. The zero-order valence-corrected chi connectivity index (χ0v) is 17.2. The van der Waals surface area contributed by atoms with Crippen molar-refractivity contribution in [2.24, 2.45) is 0 Å². The molecule has 0 radical (unpaired) electrons. The van der Waals surface area contributed by atoms with Crippen LogP contribution >= 0.6 is 15.9 Å². The molecule has 0 bridgehead atoms. The number of phenols is 1. The number of nitrogens with zero attached hydrogens (tertiary/aromatic N) is 1. The van der Waals surface area contributed by atoms with Crippen LogP contribution in [0.25, 0.3) is 12.2 Å². The predicted molar refractivity (Wildman–Crippen MR) is 114 cm³/mol. The smallest absolute Gasteiger partial charge is 0.205 e. The van der Waals surface area contributed by atoms with E-state index in [2.05, 4.69) is 57.0 Å². The molecule has 1 aromatic carbocycles. The fourth-order valence-corrected chi connectivity index (χ4v) is 3.45. The Labute approximate surface area is 166 Å². The summed E-state index contributed by atoms with van der Waals surface area (Å²) in [4.78, 5) is 0. The summed E-state index contributed by atoms with van der Waals surface area (Å²) >= 11 is 3.49. The van der Waals surface area contributed by atoms with Gasteiger partial charge in [0.2, 0.25) is 5.69 Å². The van der Waals surface area contributed by atoms with E-state index in [-0.39, 0.29) is 0 Å². The lowest BCUT2D eigenvalue weighted by Crippen LogP contribution is -2.36. The van der Waals surface area contributed by atoms with Crippen LogP contribution in [0.5, 0.6) is 5.75 Å². The van der Waals surface area contributed by atoms with Gasteiger partial charge in [-0.25, -0.2) is 0 Å². The van der Waals surface area contributed by atoms with E-state index in [9.17, 15) is 5.11 Å². The van der Waals surface area contributed by atoms with Crippen molar-refractivity contribution in [3.63, 3.8) is 0 Å². The highest BCUT2D eigenvalue weighted by Gasteiger charge is 2.06. The number of aromatic hydroxyl groups is 1. The van der Waals surface area contributed by atoms with Gasteiger partial charge in [-0.1, -0.05) is 60.2 Å². The van der Waals surface area contributed by atoms with Gasteiger partial charge >= 0.3 is 0 Å². The second-order valence-corrected chi connectivity index (χ2v) is 7.55. The summed E-state index contributed by atoms with van der Waals surface area (Å²) in [6, 6.07) is 13.6. The van der Waals surface area contributed by atoms with Crippen molar-refractivity contribution in [3.8, 4) is 5.75 Å². The maximum absolute atomic E-state index is 9.37. The molecule has 140 valence electrons. The number of aryl methyl sites for hydroxylation is 1. The number of rotatable bonds is 12. The second-order valence-electron chi connectivity index (χ2n) is 6.76. The quantitative estimate of drug-likeness (QED) is 0.242. The van der Waals surface area contributed by atoms with Crippen LogP contribution in [0.4, 0.5) is 0 Å². The number of benzene rings is 1. The Hall–Kier alpha value is -1.61. The molecule has 26 heavy (non-hydrogen) atoms. The Balaban J connectivity index is 1.73. The van der Waals surface area contributed by atoms with Gasteiger partial charge in [0.15, 0.2) is 6.20 Å². The van der Waals surface area contributed by atoms with Gasteiger partial charge in [-0.05, 0) is 42.7 Å². The highest BCUT2D eigenvalue weighted by Crippen LogP contribution is 2.12. The van der Waals surface area contributed by atoms with Gasteiger partial charge < -0.3 is 5.11 Å². The van der Waals surface area contributed by atoms with Crippen LogP contribution in [0.2, 0.25) is 0 Å². The van der Waals surface area contributed by atoms with Crippen molar-refractivity contribution in [2.75, 3.05) is 5.33 Å². The average Bonchev–Trinajstić information content (AvgIpc) is 2.67. The van der Waals surface area contributed by atoms with Crippen molar-refractivity contribution in [3.05, 3.63) is 59.9 Å². The summed E-state index contributed by atoms with van der Waals surface area (Å²) in [7, 11) is 0. The third kappa shape index (κ3) is 8.18. The zero-order valence-electron chi connectivity index (χ0n) is 15.6. The van der Waals surface area contributed by atoms with E-state index in [0.717, 1.165) is 17.4 Å². The molecule has 0 unspecified atom stereocenters. The fourth-order valence-electron chi connectivity index (χ4n) is 3.05. The van der Waals surface area contributed by atoms with E-state index in [0.29, 0.717) is 5.75 Å². The topological polar surface area (TPSA) is 24.1 Å². The maximum Gasteiger partial charge on any atom is 0.205 e. The minimum Gasteiger partial charge on any atom is -0.508 e. The van der Waals surface area contributed by atoms with E-state index < -0.39 is 0 Å². The normalized spacial score (nSPS) is 11.3. The molecule has 0 aliphatic rings. The summed E-state index contributed by atoms with van der Waals surface area (Å²) in [6.07, 6.45) is 17.1. The number of unbranched alkanes of at least 4 members (excludes halogenated alkanes) is 7. The zero-order chi connectivity index (χ0) is 18.5. The molecular weight excluding hydrogens is 386 g/mol. The molecule has 0 spiro atoms. The fraction of sp³-hybridized carbons (Fsp3) is 0.435. The van der Waals surface area contributed by atoms with Gasteiger partial charge in [-0.2, -0.15) is 4.57 Å². The largest absolute Gasteiger partial charge is 0.508 e. The third-order valence-electron chi connectivity index (χ3n) is 4.60. The molecule has 0 amide bonds. The predicted octanol–water partition coefficient (Wildman–Crippen LogP) is 6.37. The van der Waals surface area contributed by atoms with Crippen molar-refractivity contribution in [2.45, 2.75) is 57.9 Å². The number of hydrogen-bond acceptors (Lipinski definition) is 1. The van der Waals surface area contributed by atoms with Crippen molar-refractivity contribution < 1.29 is 9.67 Å². The molecule has 0 aliphatic heterocycles. The van der Waals surface area contributed by atoms with E-state index in [1.807, 2.05) is 12.1 Å². The summed E-state index contributed by atoms with van der Waals surface area (Å²) in [5.74, 6) is 0.306. The molecule has 2 rings (SSSR count). The Morgan fingerprint density at radius 3 is 2.12 bits per heavy atom. The number of aromatic nitrogens is 1. The molecule has 1 aromatic heterocycles. The highest BCUT2D eigenvalue weighted by atomic mass is 79.9. The van der Waals surface area contributed by atoms with Crippen molar-refractivity contribution >= 4 is 28.1 Å². The number of phenolic OH excluding ortho intramolecular Hbond substituents is 1. The van der Waals surface area contributed by atoms with E-state index in [1.165, 1.54) is 57.1 Å². The monoisotopic (exact) mass is 416 g/mol.